The molecule has 2 rings (SSSR count). The van der Waals surface area contributed by atoms with Gasteiger partial charge in [0.25, 0.3) is 5.91 Å². The summed E-state index contributed by atoms with van der Waals surface area (Å²) in [5, 5.41) is 13.0. The summed E-state index contributed by atoms with van der Waals surface area (Å²) in [6.45, 7) is 3.36. The van der Waals surface area contributed by atoms with Gasteiger partial charge in [0, 0.05) is 19.3 Å². The number of aliphatic hydroxyl groups excluding tert-OH is 1. The number of carbonyl (C=O) groups excluding carboxylic acids is 1. The zero-order chi connectivity index (χ0) is 15.2. The Morgan fingerprint density at radius 1 is 1.52 bits per heavy atom. The van der Waals surface area contributed by atoms with Crippen LogP contribution in [0.5, 0.6) is 0 Å². The smallest absolute Gasteiger partial charge is 0.255 e. The molecule has 1 aliphatic heterocycles. The van der Waals surface area contributed by atoms with Crippen molar-refractivity contribution in [2.45, 2.75) is 38.6 Å². The minimum absolute atomic E-state index is 0.00236. The van der Waals surface area contributed by atoms with E-state index in [1.807, 2.05) is 6.92 Å². The Bertz CT molecular complexity index is 496. The fourth-order valence-electron chi connectivity index (χ4n) is 2.65. The summed E-state index contributed by atoms with van der Waals surface area (Å²) in [6.07, 6.45) is 5.51. The Morgan fingerprint density at radius 3 is 3.00 bits per heavy atom. The number of hydrogen-bond donors (Lipinski definition) is 2. The van der Waals surface area contributed by atoms with Crippen LogP contribution in [-0.2, 0) is 0 Å². The lowest BCUT2D eigenvalue weighted by atomic mass is 10.1. The molecule has 116 valence electrons. The van der Waals surface area contributed by atoms with Gasteiger partial charge in [0.15, 0.2) is 0 Å². The van der Waals surface area contributed by atoms with Gasteiger partial charge in [0.05, 0.1) is 23.2 Å². The first kappa shape index (κ1) is 16.0. The van der Waals surface area contributed by atoms with Crippen molar-refractivity contribution in [2.24, 2.45) is 0 Å². The zero-order valence-electron chi connectivity index (χ0n) is 12.3. The second-order valence-electron chi connectivity index (χ2n) is 5.27. The summed E-state index contributed by atoms with van der Waals surface area (Å²) >= 11 is 6.15. The topological polar surface area (TPSA) is 65.5 Å². The van der Waals surface area contributed by atoms with Gasteiger partial charge in [0.1, 0.15) is 5.82 Å². The predicted molar refractivity (Wildman–Crippen MR) is 83.8 cm³/mol. The van der Waals surface area contributed by atoms with E-state index in [1.54, 1.807) is 17.2 Å². The number of hydrogen-bond acceptors (Lipinski definition) is 4. The van der Waals surface area contributed by atoms with Crippen molar-refractivity contribution in [1.82, 2.24) is 9.88 Å². The minimum atomic E-state index is -0.104. The summed E-state index contributed by atoms with van der Waals surface area (Å²) in [7, 11) is 0. The van der Waals surface area contributed by atoms with Gasteiger partial charge in [-0.1, -0.05) is 24.4 Å². The Kier molecular flexibility index (Phi) is 5.82. The molecule has 1 aromatic heterocycles. The van der Waals surface area contributed by atoms with Gasteiger partial charge in [-0.05, 0) is 25.8 Å². The number of halogens is 1. The molecular weight excluding hydrogens is 290 g/mol. The molecule has 1 aromatic rings. The van der Waals surface area contributed by atoms with E-state index >= 15 is 0 Å². The number of pyridine rings is 1. The molecule has 1 saturated heterocycles. The van der Waals surface area contributed by atoms with Crippen LogP contribution in [0.15, 0.2) is 12.3 Å². The second-order valence-corrected chi connectivity index (χ2v) is 5.68. The van der Waals surface area contributed by atoms with Crippen LogP contribution in [-0.4, -0.2) is 46.6 Å². The molecule has 2 N–H and O–H groups in total. The van der Waals surface area contributed by atoms with E-state index in [-0.39, 0.29) is 18.6 Å². The minimum Gasteiger partial charge on any atom is -0.394 e. The van der Waals surface area contributed by atoms with E-state index in [4.69, 9.17) is 11.6 Å². The number of aromatic nitrogens is 1. The number of nitrogens with zero attached hydrogens (tertiary/aromatic N) is 2. The molecule has 0 aromatic carbocycles. The van der Waals surface area contributed by atoms with Crippen LogP contribution in [0.25, 0.3) is 0 Å². The lowest BCUT2D eigenvalue weighted by Crippen LogP contribution is -2.42. The molecule has 0 spiro atoms. The van der Waals surface area contributed by atoms with Crippen LogP contribution in [0.4, 0.5) is 5.82 Å². The van der Waals surface area contributed by atoms with E-state index in [9.17, 15) is 9.90 Å². The molecule has 5 nitrogen and oxygen atoms in total. The third-order valence-corrected chi connectivity index (χ3v) is 4.07. The molecule has 2 heterocycles. The molecule has 1 amide bonds. The third-order valence-electron chi connectivity index (χ3n) is 3.78. The number of amides is 1. The number of aliphatic hydroxyl groups is 1. The normalized spacial score (nSPS) is 19.2. The van der Waals surface area contributed by atoms with Crippen molar-refractivity contribution in [3.05, 3.63) is 22.8 Å². The van der Waals surface area contributed by atoms with Gasteiger partial charge in [-0.15, -0.1) is 0 Å². The third kappa shape index (κ3) is 3.86. The van der Waals surface area contributed by atoms with Crippen LogP contribution >= 0.6 is 11.6 Å². The Labute approximate surface area is 130 Å². The average molecular weight is 312 g/mol. The monoisotopic (exact) mass is 311 g/mol. The zero-order valence-corrected chi connectivity index (χ0v) is 13.1. The lowest BCUT2D eigenvalue weighted by molar-refractivity contribution is 0.0599. The molecule has 21 heavy (non-hydrogen) atoms. The van der Waals surface area contributed by atoms with E-state index in [2.05, 4.69) is 10.3 Å². The standard InChI is InChI=1S/C15H22ClN3O2/c1-2-17-14-13(16)8-11(9-18-14)15(21)19-7-5-3-4-6-12(19)10-20/h8-9,12,20H,2-7,10H2,1H3,(H,17,18). The van der Waals surface area contributed by atoms with Crippen molar-refractivity contribution in [3.63, 3.8) is 0 Å². The van der Waals surface area contributed by atoms with Crippen LogP contribution in [0.1, 0.15) is 43.0 Å². The van der Waals surface area contributed by atoms with Crippen molar-refractivity contribution < 1.29 is 9.90 Å². The Hall–Kier alpha value is -1.33. The molecule has 1 fully saturated rings. The Morgan fingerprint density at radius 2 is 2.33 bits per heavy atom. The van der Waals surface area contributed by atoms with Gasteiger partial charge in [-0.25, -0.2) is 4.98 Å². The highest BCUT2D eigenvalue weighted by atomic mass is 35.5. The van der Waals surface area contributed by atoms with Gasteiger partial charge in [0.2, 0.25) is 0 Å². The predicted octanol–water partition coefficient (Wildman–Crippen LogP) is 2.54. The van der Waals surface area contributed by atoms with E-state index in [1.165, 1.54) is 0 Å². The maximum Gasteiger partial charge on any atom is 0.255 e. The van der Waals surface area contributed by atoms with Crippen molar-refractivity contribution in [2.75, 3.05) is 25.0 Å². The molecular formula is C15H22ClN3O2. The molecule has 0 radical (unpaired) electrons. The van der Waals surface area contributed by atoms with Gasteiger partial charge in [-0.3, -0.25) is 4.79 Å². The summed E-state index contributed by atoms with van der Waals surface area (Å²) < 4.78 is 0. The first-order valence-corrected chi connectivity index (χ1v) is 7.86. The quantitative estimate of drug-likeness (QED) is 0.897. The summed E-state index contributed by atoms with van der Waals surface area (Å²) in [4.78, 5) is 18.6. The SMILES string of the molecule is CCNc1ncc(C(=O)N2CCCCCC2CO)cc1Cl. The van der Waals surface area contributed by atoms with E-state index < -0.39 is 0 Å². The molecule has 0 aliphatic carbocycles. The number of likely N-dealkylation sites (tertiary alicyclic amines) is 1. The van der Waals surface area contributed by atoms with Crippen LogP contribution in [0, 0.1) is 0 Å². The van der Waals surface area contributed by atoms with Gasteiger partial charge in [-0.2, -0.15) is 0 Å². The van der Waals surface area contributed by atoms with E-state index in [0.29, 0.717) is 22.9 Å². The molecule has 1 aliphatic rings. The van der Waals surface area contributed by atoms with Gasteiger partial charge >= 0.3 is 0 Å². The van der Waals surface area contributed by atoms with Gasteiger partial charge < -0.3 is 15.3 Å². The summed E-state index contributed by atoms with van der Waals surface area (Å²) in [5.41, 5.74) is 0.474. The second kappa shape index (κ2) is 7.61. The first-order valence-electron chi connectivity index (χ1n) is 7.48. The highest BCUT2D eigenvalue weighted by molar-refractivity contribution is 6.33. The molecule has 6 heteroatoms. The maximum atomic E-state index is 12.6. The highest BCUT2D eigenvalue weighted by Crippen LogP contribution is 2.23. The number of carbonyl (C=O) groups is 1. The fraction of sp³-hybridized carbons (Fsp3) is 0.600. The molecule has 1 unspecified atom stereocenters. The summed E-state index contributed by atoms with van der Waals surface area (Å²) in [5.74, 6) is 0.485. The van der Waals surface area contributed by atoms with Crippen molar-refractivity contribution in [1.29, 1.82) is 0 Å². The molecule has 0 saturated carbocycles. The molecule has 0 bridgehead atoms. The van der Waals surface area contributed by atoms with Crippen LogP contribution in [0.2, 0.25) is 5.02 Å². The average Bonchev–Trinajstić information content (AvgIpc) is 2.74. The number of nitrogens with one attached hydrogen (secondary N) is 1. The maximum absolute atomic E-state index is 12.6. The summed E-state index contributed by atoms with van der Waals surface area (Å²) in [6, 6.07) is 1.54. The van der Waals surface area contributed by atoms with Crippen molar-refractivity contribution >= 4 is 23.3 Å². The molecule has 1 atom stereocenters. The first-order chi connectivity index (χ1) is 10.2. The highest BCUT2D eigenvalue weighted by Gasteiger charge is 2.26. The number of rotatable bonds is 4. The largest absolute Gasteiger partial charge is 0.394 e. The van der Waals surface area contributed by atoms with Crippen molar-refractivity contribution in [3.8, 4) is 0 Å². The van der Waals surface area contributed by atoms with Crippen LogP contribution < -0.4 is 5.32 Å². The fourth-order valence-corrected chi connectivity index (χ4v) is 2.89. The number of anilines is 1. The van der Waals surface area contributed by atoms with E-state index in [0.717, 1.165) is 32.2 Å². The van der Waals surface area contributed by atoms with Crippen LogP contribution in [0.3, 0.4) is 0 Å². The lowest BCUT2D eigenvalue weighted by Gasteiger charge is -2.28. The Balaban J connectivity index is 2.19.